The Bertz CT molecular complexity index is 1000. The highest BCUT2D eigenvalue weighted by Crippen LogP contribution is 2.31. The minimum atomic E-state index is -3.67. The van der Waals surface area contributed by atoms with Crippen LogP contribution in [0.3, 0.4) is 0 Å². The molecule has 0 N–H and O–H groups in total. The highest BCUT2D eigenvalue weighted by molar-refractivity contribution is 9.10. The van der Waals surface area contributed by atoms with Crippen LogP contribution in [0, 0.1) is 0 Å². The summed E-state index contributed by atoms with van der Waals surface area (Å²) < 4.78 is 28.2. The summed E-state index contributed by atoms with van der Waals surface area (Å²) in [7, 11) is -3.67. The van der Waals surface area contributed by atoms with E-state index in [1.54, 1.807) is 37.3 Å². The number of anilines is 1. The van der Waals surface area contributed by atoms with Crippen molar-refractivity contribution in [1.29, 1.82) is 0 Å². The minimum absolute atomic E-state index is 0.266. The largest absolute Gasteiger partial charge is 0.267 e. The fraction of sp³-hybridized carbons (Fsp3) is 0.111. The summed E-state index contributed by atoms with van der Waals surface area (Å²) in [4.78, 5) is 0.266. The summed E-state index contributed by atoms with van der Waals surface area (Å²) in [5, 5.41) is 2.37. The van der Waals surface area contributed by atoms with Gasteiger partial charge in [0.05, 0.1) is 15.6 Å². The molecule has 3 aromatic rings. The van der Waals surface area contributed by atoms with Gasteiger partial charge in [0.25, 0.3) is 10.0 Å². The first-order chi connectivity index (χ1) is 11.4. The summed E-state index contributed by atoms with van der Waals surface area (Å²) in [5.74, 6) is 0. The maximum atomic E-state index is 13.1. The van der Waals surface area contributed by atoms with Gasteiger partial charge in [-0.25, -0.2) is 8.42 Å². The van der Waals surface area contributed by atoms with Crippen LogP contribution in [0.1, 0.15) is 6.92 Å². The van der Waals surface area contributed by atoms with Crippen molar-refractivity contribution in [3.05, 3.63) is 70.2 Å². The molecule has 0 atom stereocenters. The van der Waals surface area contributed by atoms with Gasteiger partial charge >= 0.3 is 0 Å². The Morgan fingerprint density at radius 2 is 1.71 bits per heavy atom. The van der Waals surface area contributed by atoms with E-state index in [1.807, 2.05) is 30.3 Å². The molecule has 0 radical (unpaired) electrons. The Balaban J connectivity index is 2.10. The topological polar surface area (TPSA) is 37.4 Å². The second-order valence-corrected chi connectivity index (χ2v) is 8.40. The van der Waals surface area contributed by atoms with Crippen LogP contribution in [-0.4, -0.2) is 15.0 Å². The predicted molar refractivity (Wildman–Crippen MR) is 103 cm³/mol. The van der Waals surface area contributed by atoms with E-state index in [1.165, 1.54) is 4.31 Å². The third kappa shape index (κ3) is 3.16. The van der Waals surface area contributed by atoms with Gasteiger partial charge in [-0.1, -0.05) is 41.9 Å². The van der Waals surface area contributed by atoms with E-state index < -0.39 is 10.0 Å². The van der Waals surface area contributed by atoms with Crippen LogP contribution in [0.5, 0.6) is 0 Å². The summed E-state index contributed by atoms with van der Waals surface area (Å²) in [6.07, 6.45) is 0. The van der Waals surface area contributed by atoms with Gasteiger partial charge in [0.2, 0.25) is 0 Å². The molecule has 6 heteroatoms. The molecule has 0 saturated carbocycles. The Hall–Kier alpha value is -1.56. The van der Waals surface area contributed by atoms with Crippen molar-refractivity contribution in [3.8, 4) is 0 Å². The first-order valence-corrected chi connectivity index (χ1v) is 10.0. The van der Waals surface area contributed by atoms with E-state index in [2.05, 4.69) is 15.9 Å². The molecule has 0 saturated heterocycles. The Morgan fingerprint density at radius 3 is 2.38 bits per heavy atom. The molecule has 24 heavy (non-hydrogen) atoms. The minimum Gasteiger partial charge on any atom is -0.267 e. The fourth-order valence-corrected chi connectivity index (χ4v) is 4.51. The van der Waals surface area contributed by atoms with E-state index >= 15 is 0 Å². The van der Waals surface area contributed by atoms with Crippen molar-refractivity contribution in [1.82, 2.24) is 0 Å². The molecule has 3 aromatic carbocycles. The smallest absolute Gasteiger partial charge is 0.264 e. The number of hydrogen-bond acceptors (Lipinski definition) is 2. The average Bonchev–Trinajstić information content (AvgIpc) is 2.58. The number of benzene rings is 3. The zero-order chi connectivity index (χ0) is 17.3. The van der Waals surface area contributed by atoms with Gasteiger partial charge in [0, 0.05) is 11.0 Å². The van der Waals surface area contributed by atoms with Gasteiger partial charge in [-0.2, -0.15) is 0 Å². The summed E-state index contributed by atoms with van der Waals surface area (Å²) >= 11 is 9.44. The number of sulfonamides is 1. The maximum Gasteiger partial charge on any atom is 0.264 e. The van der Waals surface area contributed by atoms with Gasteiger partial charge in [0.1, 0.15) is 0 Å². The monoisotopic (exact) mass is 423 g/mol. The quantitative estimate of drug-likeness (QED) is 0.557. The summed E-state index contributed by atoms with van der Waals surface area (Å²) in [5.41, 5.74) is 0.541. The van der Waals surface area contributed by atoms with Crippen LogP contribution in [0.25, 0.3) is 10.8 Å². The van der Waals surface area contributed by atoms with Crippen molar-refractivity contribution in [2.45, 2.75) is 11.8 Å². The number of rotatable bonds is 4. The van der Waals surface area contributed by atoms with Crippen LogP contribution in [-0.2, 0) is 10.0 Å². The molecule has 0 aliphatic rings. The average molecular weight is 425 g/mol. The Morgan fingerprint density at radius 1 is 1.00 bits per heavy atom. The molecular formula is C18H15BrClNO2S. The second-order valence-electron chi connectivity index (χ2n) is 5.28. The summed E-state index contributed by atoms with van der Waals surface area (Å²) in [6.45, 7) is 2.11. The van der Waals surface area contributed by atoms with Gasteiger partial charge < -0.3 is 0 Å². The normalized spacial score (nSPS) is 11.6. The molecule has 0 aromatic heterocycles. The molecule has 3 rings (SSSR count). The lowest BCUT2D eigenvalue weighted by Gasteiger charge is -2.23. The van der Waals surface area contributed by atoms with E-state index in [0.717, 1.165) is 15.2 Å². The molecule has 0 aliphatic heterocycles. The van der Waals surface area contributed by atoms with Crippen molar-refractivity contribution in [2.24, 2.45) is 0 Å². The Labute approximate surface area is 155 Å². The van der Waals surface area contributed by atoms with Gasteiger partial charge in [-0.15, -0.1) is 0 Å². The molecule has 0 unspecified atom stereocenters. The molecule has 0 heterocycles. The van der Waals surface area contributed by atoms with Crippen molar-refractivity contribution < 1.29 is 8.42 Å². The molecule has 0 fully saturated rings. The third-order valence-electron chi connectivity index (χ3n) is 3.79. The third-order valence-corrected chi connectivity index (χ3v) is 6.92. The zero-order valence-corrected chi connectivity index (χ0v) is 16.1. The molecular weight excluding hydrogens is 410 g/mol. The lowest BCUT2D eigenvalue weighted by Crippen LogP contribution is -2.30. The Kier molecular flexibility index (Phi) is 4.85. The standard InChI is InChI=1S/C18H15BrClNO2S/c1-2-21(15-8-10-17(19)18(20)12-15)24(22,23)16-9-7-13-5-3-4-6-14(13)11-16/h3-12H,2H2,1H3. The van der Waals surface area contributed by atoms with Crippen LogP contribution in [0.2, 0.25) is 5.02 Å². The highest BCUT2D eigenvalue weighted by Gasteiger charge is 2.24. The van der Waals surface area contributed by atoms with E-state index in [4.69, 9.17) is 11.6 Å². The molecule has 0 bridgehead atoms. The second kappa shape index (κ2) is 6.75. The maximum absolute atomic E-state index is 13.1. The SMILES string of the molecule is CCN(c1ccc(Br)c(Cl)c1)S(=O)(=O)c1ccc2ccccc2c1. The van der Waals surface area contributed by atoms with Gasteiger partial charge in [-0.05, 0) is 64.0 Å². The van der Waals surface area contributed by atoms with Gasteiger partial charge in [0.15, 0.2) is 0 Å². The van der Waals surface area contributed by atoms with Crippen LogP contribution in [0.4, 0.5) is 5.69 Å². The van der Waals surface area contributed by atoms with Crippen molar-refractivity contribution >= 4 is 54.0 Å². The predicted octanol–water partition coefficient (Wildman–Crippen LogP) is 5.47. The van der Waals surface area contributed by atoms with Crippen LogP contribution in [0.15, 0.2) is 70.0 Å². The summed E-state index contributed by atoms with van der Waals surface area (Å²) in [6, 6.07) is 18.0. The lowest BCUT2D eigenvalue weighted by atomic mass is 10.1. The molecule has 3 nitrogen and oxygen atoms in total. The first-order valence-electron chi connectivity index (χ1n) is 7.40. The van der Waals surface area contributed by atoms with Crippen LogP contribution >= 0.6 is 27.5 Å². The number of halogens is 2. The molecule has 0 aliphatic carbocycles. The van der Waals surface area contributed by atoms with Crippen molar-refractivity contribution in [3.63, 3.8) is 0 Å². The molecule has 0 amide bonds. The highest BCUT2D eigenvalue weighted by atomic mass is 79.9. The van der Waals surface area contributed by atoms with Crippen molar-refractivity contribution in [2.75, 3.05) is 10.8 Å². The molecule has 124 valence electrons. The van der Waals surface area contributed by atoms with Gasteiger partial charge in [-0.3, -0.25) is 4.31 Å². The number of fused-ring (bicyclic) bond motifs is 1. The molecule has 0 spiro atoms. The van der Waals surface area contributed by atoms with Crippen LogP contribution < -0.4 is 4.31 Å². The first kappa shape index (κ1) is 17.3. The fourth-order valence-electron chi connectivity index (χ4n) is 2.59. The van der Waals surface area contributed by atoms with E-state index in [-0.39, 0.29) is 4.90 Å². The number of hydrogen-bond donors (Lipinski definition) is 0. The zero-order valence-electron chi connectivity index (χ0n) is 12.9. The van der Waals surface area contributed by atoms with E-state index in [0.29, 0.717) is 17.3 Å². The number of nitrogens with zero attached hydrogens (tertiary/aromatic N) is 1. The van der Waals surface area contributed by atoms with E-state index in [9.17, 15) is 8.42 Å². The lowest BCUT2D eigenvalue weighted by molar-refractivity contribution is 0.592.